The maximum absolute atomic E-state index is 13.0. The second-order valence-corrected chi connectivity index (χ2v) is 12.0. The number of unbranched alkanes of at least 4 members (excludes halogenated alkanes) is 2. The fourth-order valence-corrected chi connectivity index (χ4v) is 5.03. The maximum Gasteiger partial charge on any atom is 0.259 e. The number of carbonyl (C=O) groups excluding carboxylic acids is 2. The topological polar surface area (TPSA) is 76.7 Å². The smallest absolute Gasteiger partial charge is 0.259 e. The second kappa shape index (κ2) is 16.3. The van der Waals surface area contributed by atoms with Crippen LogP contribution in [0.15, 0.2) is 93.9 Å². The highest BCUT2D eigenvalue weighted by atomic mass is 79.9. The van der Waals surface area contributed by atoms with Gasteiger partial charge in [0.15, 0.2) is 0 Å². The SMILES string of the molecule is CCCCOc1ccc(Br)cc1C(=O)Nc1ccc(Cc2ccc(NC(=O)c3cc(Br)ccc3OCCCC)cc2)cc1. The highest BCUT2D eigenvalue weighted by Gasteiger charge is 2.15. The Kier molecular flexibility index (Phi) is 12.2. The van der Waals surface area contributed by atoms with Gasteiger partial charge in [0.05, 0.1) is 24.3 Å². The normalized spacial score (nSPS) is 10.7. The van der Waals surface area contributed by atoms with Gasteiger partial charge in [-0.3, -0.25) is 9.59 Å². The molecule has 8 heteroatoms. The van der Waals surface area contributed by atoms with Gasteiger partial charge in [-0.25, -0.2) is 0 Å². The van der Waals surface area contributed by atoms with E-state index in [4.69, 9.17) is 9.47 Å². The molecule has 2 N–H and O–H groups in total. The van der Waals surface area contributed by atoms with Crippen molar-refractivity contribution in [1.82, 2.24) is 0 Å². The highest BCUT2D eigenvalue weighted by molar-refractivity contribution is 9.10. The summed E-state index contributed by atoms with van der Waals surface area (Å²) in [5.74, 6) is 0.701. The number of amides is 2. The van der Waals surface area contributed by atoms with Crippen molar-refractivity contribution >= 4 is 55.0 Å². The van der Waals surface area contributed by atoms with Gasteiger partial charge >= 0.3 is 0 Å². The van der Waals surface area contributed by atoms with E-state index >= 15 is 0 Å². The van der Waals surface area contributed by atoms with Crippen molar-refractivity contribution in [3.8, 4) is 11.5 Å². The molecule has 4 rings (SSSR count). The molecule has 0 saturated heterocycles. The third kappa shape index (κ3) is 9.70. The molecule has 4 aromatic carbocycles. The molecule has 0 aliphatic carbocycles. The van der Waals surface area contributed by atoms with Crippen LogP contribution in [0.5, 0.6) is 11.5 Å². The van der Waals surface area contributed by atoms with E-state index in [2.05, 4.69) is 56.3 Å². The molecule has 43 heavy (non-hydrogen) atoms. The minimum Gasteiger partial charge on any atom is -0.493 e. The summed E-state index contributed by atoms with van der Waals surface area (Å²) in [6.07, 6.45) is 4.61. The lowest BCUT2D eigenvalue weighted by molar-refractivity contribution is 0.101. The zero-order chi connectivity index (χ0) is 30.6. The Morgan fingerprint density at radius 3 is 1.37 bits per heavy atom. The maximum atomic E-state index is 13.0. The first-order valence-electron chi connectivity index (χ1n) is 14.5. The molecular weight excluding hydrogens is 672 g/mol. The first kappa shape index (κ1) is 32.3. The summed E-state index contributed by atoms with van der Waals surface area (Å²) in [6, 6.07) is 26.5. The van der Waals surface area contributed by atoms with Gasteiger partial charge < -0.3 is 20.1 Å². The molecule has 0 unspecified atom stereocenters. The summed E-state index contributed by atoms with van der Waals surface area (Å²) in [5, 5.41) is 5.95. The minimum absolute atomic E-state index is 0.222. The Bertz CT molecular complexity index is 1410. The van der Waals surface area contributed by atoms with Crippen molar-refractivity contribution in [2.24, 2.45) is 0 Å². The number of hydrogen-bond acceptors (Lipinski definition) is 4. The van der Waals surface area contributed by atoms with Crippen molar-refractivity contribution < 1.29 is 19.1 Å². The van der Waals surface area contributed by atoms with Gasteiger partial charge in [0.2, 0.25) is 0 Å². The molecule has 0 saturated carbocycles. The third-order valence-electron chi connectivity index (χ3n) is 6.72. The van der Waals surface area contributed by atoms with Gasteiger partial charge in [0.25, 0.3) is 11.8 Å². The van der Waals surface area contributed by atoms with E-state index in [9.17, 15) is 9.59 Å². The highest BCUT2D eigenvalue weighted by Crippen LogP contribution is 2.27. The largest absolute Gasteiger partial charge is 0.493 e. The predicted molar refractivity (Wildman–Crippen MR) is 181 cm³/mol. The fraction of sp³-hybridized carbons (Fsp3) is 0.257. The fourth-order valence-electron chi connectivity index (χ4n) is 4.31. The lowest BCUT2D eigenvalue weighted by Crippen LogP contribution is -2.14. The first-order chi connectivity index (χ1) is 20.9. The summed E-state index contributed by atoms with van der Waals surface area (Å²) < 4.78 is 13.3. The number of ether oxygens (including phenoxy) is 2. The van der Waals surface area contributed by atoms with Gasteiger partial charge in [-0.05, 0) is 91.1 Å². The number of benzene rings is 4. The van der Waals surface area contributed by atoms with Crippen molar-refractivity contribution in [3.63, 3.8) is 0 Å². The van der Waals surface area contributed by atoms with Gasteiger partial charge in [-0.15, -0.1) is 0 Å². The molecule has 0 fully saturated rings. The Morgan fingerprint density at radius 2 is 1.00 bits per heavy atom. The van der Waals surface area contributed by atoms with Crippen LogP contribution in [0.25, 0.3) is 0 Å². The first-order valence-corrected chi connectivity index (χ1v) is 16.1. The molecular formula is C35H36Br2N2O4. The van der Waals surface area contributed by atoms with Crippen LogP contribution in [-0.2, 0) is 6.42 Å². The quantitative estimate of drug-likeness (QED) is 0.128. The number of rotatable bonds is 14. The van der Waals surface area contributed by atoms with Crippen molar-refractivity contribution in [3.05, 3.63) is 116 Å². The van der Waals surface area contributed by atoms with Crippen LogP contribution in [0.2, 0.25) is 0 Å². The summed E-state index contributed by atoms with van der Waals surface area (Å²) in [5.41, 5.74) is 4.59. The molecule has 4 aromatic rings. The standard InChI is InChI=1S/C35H36Br2N2O4/c1-3-5-19-42-32-17-11-26(36)22-30(32)34(40)38-28-13-7-24(8-14-28)21-25-9-15-29(16-10-25)39-35(41)31-23-27(37)12-18-33(31)43-20-6-4-2/h7-18,22-23H,3-6,19-21H2,1-2H3,(H,38,40)(H,39,41). The Hall–Kier alpha value is -3.62. The Labute approximate surface area is 270 Å². The number of nitrogens with one attached hydrogen (secondary N) is 2. The zero-order valence-corrected chi connectivity index (χ0v) is 27.6. The molecule has 0 atom stereocenters. The molecule has 0 aliphatic heterocycles. The number of carbonyl (C=O) groups is 2. The van der Waals surface area contributed by atoms with E-state index in [1.165, 1.54) is 0 Å². The zero-order valence-electron chi connectivity index (χ0n) is 24.4. The van der Waals surface area contributed by atoms with Crippen molar-refractivity contribution in [2.45, 2.75) is 46.0 Å². The molecule has 6 nitrogen and oxygen atoms in total. The van der Waals surface area contributed by atoms with Crippen LogP contribution < -0.4 is 20.1 Å². The Morgan fingerprint density at radius 1 is 0.605 bits per heavy atom. The van der Waals surface area contributed by atoms with Crippen LogP contribution in [0.1, 0.15) is 71.4 Å². The minimum atomic E-state index is -0.222. The molecule has 0 bridgehead atoms. The van der Waals surface area contributed by atoms with E-state index in [-0.39, 0.29) is 11.8 Å². The number of anilines is 2. The Balaban J connectivity index is 1.35. The van der Waals surface area contributed by atoms with Gasteiger partial charge in [0.1, 0.15) is 11.5 Å². The van der Waals surface area contributed by atoms with Gasteiger partial charge in [0, 0.05) is 20.3 Å². The van der Waals surface area contributed by atoms with E-state index in [1.54, 1.807) is 12.1 Å². The molecule has 0 heterocycles. The summed E-state index contributed by atoms with van der Waals surface area (Å²) >= 11 is 6.90. The van der Waals surface area contributed by atoms with Gasteiger partial charge in [-0.1, -0.05) is 82.8 Å². The number of halogens is 2. The predicted octanol–water partition coefficient (Wildman–Crippen LogP) is 9.66. The molecule has 224 valence electrons. The second-order valence-electron chi connectivity index (χ2n) is 10.2. The van der Waals surface area contributed by atoms with E-state index in [0.717, 1.165) is 45.8 Å². The lowest BCUT2D eigenvalue weighted by atomic mass is 10.0. The number of hydrogen-bond donors (Lipinski definition) is 2. The average molecular weight is 708 g/mol. The molecule has 2 amide bonds. The summed E-state index contributed by atoms with van der Waals surface area (Å²) in [6.45, 7) is 5.34. The molecule has 0 radical (unpaired) electrons. The average Bonchev–Trinajstić information content (AvgIpc) is 3.00. The van der Waals surface area contributed by atoms with Crippen LogP contribution in [-0.4, -0.2) is 25.0 Å². The van der Waals surface area contributed by atoms with Crippen LogP contribution in [0.4, 0.5) is 11.4 Å². The molecule has 0 aliphatic rings. The monoisotopic (exact) mass is 706 g/mol. The summed E-state index contributed by atoms with van der Waals surface area (Å²) in [4.78, 5) is 26.1. The van der Waals surface area contributed by atoms with E-state index in [1.807, 2.05) is 72.8 Å². The third-order valence-corrected chi connectivity index (χ3v) is 7.70. The summed E-state index contributed by atoms with van der Waals surface area (Å²) in [7, 11) is 0. The van der Waals surface area contributed by atoms with Crippen LogP contribution in [0.3, 0.4) is 0 Å². The van der Waals surface area contributed by atoms with Crippen molar-refractivity contribution in [2.75, 3.05) is 23.8 Å². The molecule has 0 spiro atoms. The van der Waals surface area contributed by atoms with Gasteiger partial charge in [-0.2, -0.15) is 0 Å². The van der Waals surface area contributed by atoms with E-state index in [0.29, 0.717) is 53.6 Å². The molecule has 0 aromatic heterocycles. The van der Waals surface area contributed by atoms with Crippen LogP contribution in [0, 0.1) is 0 Å². The van der Waals surface area contributed by atoms with Crippen molar-refractivity contribution in [1.29, 1.82) is 0 Å². The van der Waals surface area contributed by atoms with Crippen LogP contribution >= 0.6 is 31.9 Å². The lowest BCUT2D eigenvalue weighted by Gasteiger charge is -2.13. The van der Waals surface area contributed by atoms with E-state index < -0.39 is 0 Å².